The average molecular weight is 211 g/mol. The molecule has 0 radical (unpaired) electrons. The van der Waals surface area contributed by atoms with Gasteiger partial charge in [-0.3, -0.25) is 0 Å². The molecule has 15 heavy (non-hydrogen) atoms. The van der Waals surface area contributed by atoms with Crippen LogP contribution in [-0.4, -0.2) is 0 Å². The lowest BCUT2D eigenvalue weighted by Crippen LogP contribution is -2.27. The van der Waals surface area contributed by atoms with Crippen LogP contribution >= 0.6 is 0 Å². The van der Waals surface area contributed by atoms with Gasteiger partial charge in [0.15, 0.2) is 11.6 Å². The van der Waals surface area contributed by atoms with Crippen LogP contribution in [0.15, 0.2) is 12.1 Å². The number of nitrogens with two attached hydrogens (primary N) is 1. The van der Waals surface area contributed by atoms with Gasteiger partial charge in [0.05, 0.1) is 0 Å². The highest BCUT2D eigenvalue weighted by Crippen LogP contribution is 2.46. The second kappa shape index (κ2) is 3.27. The van der Waals surface area contributed by atoms with Crippen molar-refractivity contribution < 1.29 is 8.78 Å². The smallest absolute Gasteiger partial charge is 0.159 e. The predicted octanol–water partition coefficient (Wildman–Crippen LogP) is 2.94. The van der Waals surface area contributed by atoms with Crippen molar-refractivity contribution in [2.24, 2.45) is 11.1 Å². The van der Waals surface area contributed by atoms with Crippen LogP contribution in [0.5, 0.6) is 0 Å². The quantitative estimate of drug-likeness (QED) is 0.759. The lowest BCUT2D eigenvalue weighted by atomic mass is 9.81. The Morgan fingerprint density at radius 2 is 2.00 bits per heavy atom. The molecule has 82 valence electrons. The highest BCUT2D eigenvalue weighted by atomic mass is 19.2. The van der Waals surface area contributed by atoms with Crippen molar-refractivity contribution in [1.82, 2.24) is 0 Å². The minimum absolute atomic E-state index is 0.0669. The van der Waals surface area contributed by atoms with E-state index in [1.54, 1.807) is 0 Å². The molecule has 2 atom stereocenters. The Morgan fingerprint density at radius 3 is 2.60 bits per heavy atom. The van der Waals surface area contributed by atoms with Crippen molar-refractivity contribution in [3.63, 3.8) is 0 Å². The average Bonchev–Trinajstić information content (AvgIpc) is 2.43. The van der Waals surface area contributed by atoms with E-state index in [0.29, 0.717) is 0 Å². The van der Waals surface area contributed by atoms with Crippen molar-refractivity contribution in [2.75, 3.05) is 0 Å². The molecule has 2 N–H and O–H groups in total. The van der Waals surface area contributed by atoms with Gasteiger partial charge in [0.25, 0.3) is 0 Å². The van der Waals surface area contributed by atoms with Crippen LogP contribution in [0.25, 0.3) is 0 Å². The maximum atomic E-state index is 13.1. The van der Waals surface area contributed by atoms with E-state index in [9.17, 15) is 8.78 Å². The normalized spacial score (nSPS) is 29.3. The number of hydrogen-bond acceptors (Lipinski definition) is 1. The summed E-state index contributed by atoms with van der Waals surface area (Å²) in [6, 6.07) is 2.34. The molecule has 0 spiro atoms. The van der Waals surface area contributed by atoms with E-state index in [-0.39, 0.29) is 11.5 Å². The Bertz CT molecular complexity index is 403. The minimum Gasteiger partial charge on any atom is -0.323 e. The van der Waals surface area contributed by atoms with Crippen molar-refractivity contribution >= 4 is 0 Å². The number of rotatable bonds is 1. The highest BCUT2D eigenvalue weighted by Gasteiger charge is 2.39. The zero-order chi connectivity index (χ0) is 11.2. The summed E-state index contributed by atoms with van der Waals surface area (Å²) >= 11 is 0. The summed E-state index contributed by atoms with van der Waals surface area (Å²) in [4.78, 5) is 0. The lowest BCUT2D eigenvalue weighted by molar-refractivity contribution is 0.270. The molecule has 0 aromatic heterocycles. The Morgan fingerprint density at radius 1 is 1.40 bits per heavy atom. The highest BCUT2D eigenvalue weighted by molar-refractivity contribution is 5.38. The fraction of sp³-hybridized carbons (Fsp3) is 0.500. The van der Waals surface area contributed by atoms with Gasteiger partial charge in [0, 0.05) is 6.04 Å². The Labute approximate surface area is 88.3 Å². The molecule has 2 rings (SSSR count). The van der Waals surface area contributed by atoms with Crippen molar-refractivity contribution in [1.29, 1.82) is 0 Å². The van der Waals surface area contributed by atoms with Crippen molar-refractivity contribution in [3.8, 4) is 0 Å². The summed E-state index contributed by atoms with van der Waals surface area (Å²) in [5, 5.41) is 0. The Balaban J connectivity index is 2.50. The monoisotopic (exact) mass is 211 g/mol. The van der Waals surface area contributed by atoms with E-state index < -0.39 is 11.6 Å². The van der Waals surface area contributed by atoms with Gasteiger partial charge in [-0.05, 0) is 41.5 Å². The maximum absolute atomic E-state index is 13.1. The van der Waals surface area contributed by atoms with Gasteiger partial charge in [-0.1, -0.05) is 13.8 Å². The molecule has 0 aliphatic heterocycles. The molecule has 0 saturated carbocycles. The van der Waals surface area contributed by atoms with Crippen LogP contribution < -0.4 is 5.73 Å². The third-order valence-corrected chi connectivity index (χ3v) is 3.67. The van der Waals surface area contributed by atoms with Crippen molar-refractivity contribution in [3.05, 3.63) is 34.9 Å². The SMILES string of the molecule is CC[C@@]1(C)Cc2cc(F)c(F)cc2[C@H]1N. The molecule has 1 aliphatic rings. The Hall–Kier alpha value is -0.960. The number of fused-ring (bicyclic) bond motifs is 1. The third kappa shape index (κ3) is 1.46. The number of hydrogen-bond donors (Lipinski definition) is 1. The van der Waals surface area contributed by atoms with E-state index in [2.05, 4.69) is 13.8 Å². The van der Waals surface area contributed by atoms with Gasteiger partial charge >= 0.3 is 0 Å². The van der Waals surface area contributed by atoms with E-state index >= 15 is 0 Å². The molecule has 3 heteroatoms. The molecule has 1 nitrogen and oxygen atoms in total. The molecule has 0 saturated heterocycles. The van der Waals surface area contributed by atoms with Crippen LogP contribution in [0.4, 0.5) is 8.78 Å². The summed E-state index contributed by atoms with van der Waals surface area (Å²) in [6.45, 7) is 4.12. The van der Waals surface area contributed by atoms with Gasteiger partial charge < -0.3 is 5.73 Å². The van der Waals surface area contributed by atoms with E-state index in [0.717, 1.165) is 24.0 Å². The summed E-state index contributed by atoms with van der Waals surface area (Å²) in [5.41, 5.74) is 7.61. The first-order valence-electron chi connectivity index (χ1n) is 5.21. The zero-order valence-corrected chi connectivity index (χ0v) is 8.98. The van der Waals surface area contributed by atoms with E-state index in [1.165, 1.54) is 12.1 Å². The topological polar surface area (TPSA) is 26.0 Å². The molecule has 1 aliphatic carbocycles. The first-order chi connectivity index (χ1) is 6.98. The molecule has 1 aromatic carbocycles. The van der Waals surface area contributed by atoms with Gasteiger partial charge in [-0.2, -0.15) is 0 Å². The van der Waals surface area contributed by atoms with Gasteiger partial charge in [0.2, 0.25) is 0 Å². The molecule has 0 unspecified atom stereocenters. The van der Waals surface area contributed by atoms with Crippen LogP contribution in [0.3, 0.4) is 0 Å². The number of benzene rings is 1. The molecular formula is C12H15F2N. The van der Waals surface area contributed by atoms with Crippen LogP contribution in [-0.2, 0) is 6.42 Å². The zero-order valence-electron chi connectivity index (χ0n) is 8.98. The van der Waals surface area contributed by atoms with E-state index in [4.69, 9.17) is 5.73 Å². The van der Waals surface area contributed by atoms with E-state index in [1.807, 2.05) is 0 Å². The summed E-state index contributed by atoms with van der Waals surface area (Å²) in [5.74, 6) is -1.58. The second-order valence-corrected chi connectivity index (χ2v) is 4.63. The molecule has 1 aromatic rings. The predicted molar refractivity (Wildman–Crippen MR) is 55.4 cm³/mol. The van der Waals surface area contributed by atoms with Crippen LogP contribution in [0.2, 0.25) is 0 Å². The largest absolute Gasteiger partial charge is 0.323 e. The van der Waals surface area contributed by atoms with Gasteiger partial charge in [0.1, 0.15) is 0 Å². The molecule has 0 bridgehead atoms. The first kappa shape index (κ1) is 10.6. The third-order valence-electron chi connectivity index (χ3n) is 3.67. The first-order valence-corrected chi connectivity index (χ1v) is 5.21. The molecule has 0 heterocycles. The summed E-state index contributed by atoms with van der Waals surface area (Å²) in [7, 11) is 0. The van der Waals surface area contributed by atoms with Gasteiger partial charge in [-0.15, -0.1) is 0 Å². The molecule has 0 fully saturated rings. The lowest BCUT2D eigenvalue weighted by Gasteiger charge is -2.27. The molecule has 0 amide bonds. The van der Waals surface area contributed by atoms with Crippen LogP contribution in [0, 0.1) is 17.0 Å². The van der Waals surface area contributed by atoms with Crippen LogP contribution in [0.1, 0.15) is 37.4 Å². The Kier molecular flexibility index (Phi) is 2.30. The van der Waals surface area contributed by atoms with Gasteiger partial charge in [-0.25, -0.2) is 8.78 Å². The summed E-state index contributed by atoms with van der Waals surface area (Å²) in [6.07, 6.45) is 1.64. The standard InChI is InChI=1S/C12H15F2N/c1-3-12(2)6-7-4-9(13)10(14)5-8(7)11(12)15/h4-5,11H,3,6,15H2,1-2H3/t11-,12+/m1/s1. The van der Waals surface area contributed by atoms with Crippen molar-refractivity contribution in [2.45, 2.75) is 32.7 Å². The second-order valence-electron chi connectivity index (χ2n) is 4.63. The fourth-order valence-corrected chi connectivity index (χ4v) is 2.31. The fourth-order valence-electron chi connectivity index (χ4n) is 2.31. The maximum Gasteiger partial charge on any atom is 0.159 e. The molecular weight excluding hydrogens is 196 g/mol. The number of halogens is 2. The minimum atomic E-state index is -0.801. The summed E-state index contributed by atoms with van der Waals surface area (Å²) < 4.78 is 26.1.